The van der Waals surface area contributed by atoms with Gasteiger partial charge >= 0.3 is 0 Å². The van der Waals surface area contributed by atoms with Gasteiger partial charge in [-0.1, -0.05) is 18.5 Å². The van der Waals surface area contributed by atoms with Gasteiger partial charge in [0.2, 0.25) is 0 Å². The van der Waals surface area contributed by atoms with Gasteiger partial charge in [-0.3, -0.25) is 0 Å². The molecule has 0 saturated heterocycles. The fourth-order valence-corrected chi connectivity index (χ4v) is 2.06. The summed E-state index contributed by atoms with van der Waals surface area (Å²) in [5.74, 6) is 0.950. The SMILES string of the molecule is CCCn1ccnc1CNc1cc(Cl)ccc1C#N. The van der Waals surface area contributed by atoms with Crippen molar-refractivity contribution in [1.82, 2.24) is 9.55 Å². The van der Waals surface area contributed by atoms with Crippen molar-refractivity contribution in [3.05, 3.63) is 47.0 Å². The van der Waals surface area contributed by atoms with E-state index in [1.54, 1.807) is 24.4 Å². The minimum atomic E-state index is 0.571. The van der Waals surface area contributed by atoms with Crippen LogP contribution in [0.25, 0.3) is 0 Å². The van der Waals surface area contributed by atoms with E-state index in [4.69, 9.17) is 16.9 Å². The largest absolute Gasteiger partial charge is 0.377 e. The Morgan fingerprint density at radius 3 is 3.05 bits per heavy atom. The van der Waals surface area contributed by atoms with Gasteiger partial charge in [0.15, 0.2) is 0 Å². The zero-order chi connectivity index (χ0) is 13.7. The van der Waals surface area contributed by atoms with E-state index < -0.39 is 0 Å². The fourth-order valence-electron chi connectivity index (χ4n) is 1.89. The molecule has 0 aliphatic rings. The van der Waals surface area contributed by atoms with Crippen LogP contribution >= 0.6 is 11.6 Å². The third-order valence-corrected chi connectivity index (χ3v) is 3.04. The molecule has 0 spiro atoms. The van der Waals surface area contributed by atoms with Gasteiger partial charge in [0.1, 0.15) is 11.9 Å². The molecule has 0 bridgehead atoms. The molecule has 0 atom stereocenters. The van der Waals surface area contributed by atoms with Crippen molar-refractivity contribution in [3.8, 4) is 6.07 Å². The molecule has 4 nitrogen and oxygen atoms in total. The molecule has 1 aromatic carbocycles. The summed E-state index contributed by atoms with van der Waals surface area (Å²) in [6, 6.07) is 7.32. The first-order valence-electron chi connectivity index (χ1n) is 6.18. The Kier molecular flexibility index (Phi) is 4.43. The summed E-state index contributed by atoms with van der Waals surface area (Å²) in [5, 5.41) is 12.9. The molecule has 0 unspecified atom stereocenters. The van der Waals surface area contributed by atoms with Crippen molar-refractivity contribution in [3.63, 3.8) is 0 Å². The average Bonchev–Trinajstić information content (AvgIpc) is 2.84. The van der Waals surface area contributed by atoms with Crippen molar-refractivity contribution in [2.45, 2.75) is 26.4 Å². The highest BCUT2D eigenvalue weighted by atomic mass is 35.5. The summed E-state index contributed by atoms with van der Waals surface area (Å²) >= 11 is 5.95. The second-order valence-corrected chi connectivity index (χ2v) is 4.63. The summed E-state index contributed by atoms with van der Waals surface area (Å²) in [5.41, 5.74) is 1.32. The van der Waals surface area contributed by atoms with Gasteiger partial charge in [0.05, 0.1) is 17.8 Å². The lowest BCUT2D eigenvalue weighted by Gasteiger charge is -2.10. The molecule has 2 aromatic rings. The van der Waals surface area contributed by atoms with E-state index in [0.29, 0.717) is 17.1 Å². The smallest absolute Gasteiger partial charge is 0.128 e. The number of aryl methyl sites for hydroxylation is 1. The number of rotatable bonds is 5. The lowest BCUT2D eigenvalue weighted by molar-refractivity contribution is 0.644. The molecule has 1 heterocycles. The van der Waals surface area contributed by atoms with Gasteiger partial charge in [-0.2, -0.15) is 5.26 Å². The highest BCUT2D eigenvalue weighted by molar-refractivity contribution is 6.30. The molecular formula is C14H15ClN4. The molecule has 19 heavy (non-hydrogen) atoms. The van der Waals surface area contributed by atoms with Crippen LogP contribution in [0.3, 0.4) is 0 Å². The molecule has 0 aliphatic carbocycles. The third kappa shape index (κ3) is 3.27. The summed E-state index contributed by atoms with van der Waals surface area (Å²) in [6.45, 7) is 3.64. The van der Waals surface area contributed by atoms with Crippen molar-refractivity contribution in [2.75, 3.05) is 5.32 Å². The Labute approximate surface area is 117 Å². The number of halogens is 1. The Hall–Kier alpha value is -1.99. The van der Waals surface area contributed by atoms with Crippen LogP contribution in [0.5, 0.6) is 0 Å². The van der Waals surface area contributed by atoms with E-state index in [9.17, 15) is 0 Å². The molecule has 0 amide bonds. The van der Waals surface area contributed by atoms with Crippen LogP contribution in [0, 0.1) is 11.3 Å². The van der Waals surface area contributed by atoms with E-state index >= 15 is 0 Å². The Bertz CT molecular complexity index is 598. The van der Waals surface area contributed by atoms with Crippen LogP contribution < -0.4 is 5.32 Å². The number of nitriles is 1. The maximum atomic E-state index is 9.05. The van der Waals surface area contributed by atoms with Crippen molar-refractivity contribution in [1.29, 1.82) is 5.26 Å². The second kappa shape index (κ2) is 6.26. The maximum Gasteiger partial charge on any atom is 0.128 e. The zero-order valence-electron chi connectivity index (χ0n) is 10.7. The number of nitrogens with one attached hydrogen (secondary N) is 1. The van der Waals surface area contributed by atoms with Crippen LogP contribution in [0.2, 0.25) is 5.02 Å². The lowest BCUT2D eigenvalue weighted by atomic mass is 10.2. The van der Waals surface area contributed by atoms with E-state index in [2.05, 4.69) is 27.9 Å². The average molecular weight is 275 g/mol. The quantitative estimate of drug-likeness (QED) is 0.909. The molecule has 0 aliphatic heterocycles. The second-order valence-electron chi connectivity index (χ2n) is 4.19. The number of benzene rings is 1. The van der Waals surface area contributed by atoms with E-state index in [-0.39, 0.29) is 0 Å². The fraction of sp³-hybridized carbons (Fsp3) is 0.286. The van der Waals surface area contributed by atoms with Crippen molar-refractivity contribution < 1.29 is 0 Å². The molecule has 2 rings (SSSR count). The van der Waals surface area contributed by atoms with Crippen LogP contribution in [0.4, 0.5) is 5.69 Å². The van der Waals surface area contributed by atoms with Gasteiger partial charge in [-0.05, 0) is 24.6 Å². The van der Waals surface area contributed by atoms with E-state index in [0.717, 1.165) is 24.5 Å². The minimum Gasteiger partial charge on any atom is -0.377 e. The molecule has 1 N–H and O–H groups in total. The standard InChI is InChI=1S/C14H15ClN4/c1-2-6-19-7-5-17-14(19)10-18-13-8-12(15)4-3-11(13)9-16/h3-5,7-8,18H,2,6,10H2,1H3. The van der Waals surface area contributed by atoms with Crippen LogP contribution in [-0.4, -0.2) is 9.55 Å². The minimum absolute atomic E-state index is 0.571. The molecule has 98 valence electrons. The summed E-state index contributed by atoms with van der Waals surface area (Å²) in [7, 11) is 0. The Balaban J connectivity index is 2.12. The first kappa shape index (κ1) is 13.4. The highest BCUT2D eigenvalue weighted by Crippen LogP contribution is 2.20. The number of aromatic nitrogens is 2. The topological polar surface area (TPSA) is 53.6 Å². The Morgan fingerprint density at radius 1 is 1.47 bits per heavy atom. The number of hydrogen-bond acceptors (Lipinski definition) is 3. The molecule has 0 fully saturated rings. The van der Waals surface area contributed by atoms with Crippen LogP contribution in [0.1, 0.15) is 24.7 Å². The predicted octanol–water partition coefficient (Wildman–Crippen LogP) is 3.43. The number of nitrogens with zero attached hydrogens (tertiary/aromatic N) is 3. The molecule has 5 heteroatoms. The third-order valence-electron chi connectivity index (χ3n) is 2.81. The maximum absolute atomic E-state index is 9.05. The summed E-state index contributed by atoms with van der Waals surface area (Å²) in [4.78, 5) is 4.31. The number of anilines is 1. The van der Waals surface area contributed by atoms with Gasteiger partial charge in [0.25, 0.3) is 0 Å². The summed E-state index contributed by atoms with van der Waals surface area (Å²) < 4.78 is 2.10. The predicted molar refractivity (Wildman–Crippen MR) is 76.0 cm³/mol. The van der Waals surface area contributed by atoms with Gasteiger partial charge in [-0.25, -0.2) is 4.98 Å². The molecule has 1 aromatic heterocycles. The molecule has 0 saturated carbocycles. The number of imidazole rings is 1. The van der Waals surface area contributed by atoms with Gasteiger partial charge in [-0.15, -0.1) is 0 Å². The number of hydrogen-bond donors (Lipinski definition) is 1. The van der Waals surface area contributed by atoms with Crippen LogP contribution in [-0.2, 0) is 13.1 Å². The van der Waals surface area contributed by atoms with Crippen LogP contribution in [0.15, 0.2) is 30.6 Å². The zero-order valence-corrected chi connectivity index (χ0v) is 11.5. The monoisotopic (exact) mass is 274 g/mol. The van der Waals surface area contributed by atoms with Gasteiger partial charge in [0, 0.05) is 24.0 Å². The lowest BCUT2D eigenvalue weighted by Crippen LogP contribution is -2.09. The Morgan fingerprint density at radius 2 is 2.32 bits per heavy atom. The van der Waals surface area contributed by atoms with Gasteiger partial charge < -0.3 is 9.88 Å². The summed E-state index contributed by atoms with van der Waals surface area (Å²) in [6.07, 6.45) is 4.81. The first-order valence-corrected chi connectivity index (χ1v) is 6.56. The highest BCUT2D eigenvalue weighted by Gasteiger charge is 2.05. The first-order chi connectivity index (χ1) is 9.24. The van der Waals surface area contributed by atoms with Crippen molar-refractivity contribution in [2.24, 2.45) is 0 Å². The molecular weight excluding hydrogens is 260 g/mol. The normalized spacial score (nSPS) is 10.2. The van der Waals surface area contributed by atoms with E-state index in [1.807, 2.05) is 6.20 Å². The van der Waals surface area contributed by atoms with E-state index in [1.165, 1.54) is 0 Å². The molecule has 0 radical (unpaired) electrons. The van der Waals surface area contributed by atoms with Crippen molar-refractivity contribution >= 4 is 17.3 Å².